The zero-order valence-corrected chi connectivity index (χ0v) is 19.6. The van der Waals surface area contributed by atoms with Gasteiger partial charge in [0.1, 0.15) is 23.5 Å². The number of hydrogen-bond donors (Lipinski definition) is 2. The number of aromatic amines is 1. The molecule has 0 atom stereocenters. The van der Waals surface area contributed by atoms with Gasteiger partial charge in [0.2, 0.25) is 5.91 Å². The number of benzene rings is 2. The first-order chi connectivity index (χ1) is 17.7. The van der Waals surface area contributed by atoms with Gasteiger partial charge in [0, 0.05) is 30.5 Å². The predicted molar refractivity (Wildman–Crippen MR) is 139 cm³/mol. The van der Waals surface area contributed by atoms with Crippen molar-refractivity contribution in [1.29, 1.82) is 0 Å². The van der Waals surface area contributed by atoms with E-state index in [2.05, 4.69) is 26.8 Å². The van der Waals surface area contributed by atoms with Gasteiger partial charge in [-0.25, -0.2) is 15.0 Å². The maximum absolute atomic E-state index is 12.0. The summed E-state index contributed by atoms with van der Waals surface area (Å²) in [5.74, 6) is 3.00. The molecule has 4 heterocycles. The smallest absolute Gasteiger partial charge is 0.245 e. The number of amidine groups is 1. The largest absolute Gasteiger partial charge is 0.457 e. The third kappa shape index (κ3) is 4.04. The first kappa shape index (κ1) is 21.8. The molecular weight excluding hydrogens is 454 g/mol. The topological polar surface area (TPSA) is 98.7 Å². The van der Waals surface area contributed by atoms with E-state index in [1.54, 1.807) is 6.33 Å². The van der Waals surface area contributed by atoms with E-state index in [1.165, 1.54) is 6.08 Å². The molecule has 2 aromatic carbocycles. The third-order valence-corrected chi connectivity index (χ3v) is 6.52. The van der Waals surface area contributed by atoms with E-state index in [4.69, 9.17) is 9.84 Å². The number of piperidine rings is 1. The van der Waals surface area contributed by atoms with Gasteiger partial charge in [0.15, 0.2) is 11.7 Å². The summed E-state index contributed by atoms with van der Waals surface area (Å²) >= 11 is 0. The maximum atomic E-state index is 12.0. The number of nitrogens with zero attached hydrogens (tertiary/aromatic N) is 5. The van der Waals surface area contributed by atoms with Crippen molar-refractivity contribution >= 4 is 34.3 Å². The Bertz CT molecular complexity index is 1440. The van der Waals surface area contributed by atoms with Crippen molar-refractivity contribution in [2.45, 2.75) is 18.9 Å². The van der Waals surface area contributed by atoms with E-state index in [-0.39, 0.29) is 11.9 Å². The number of carbonyl (C=O) groups is 1. The van der Waals surface area contributed by atoms with E-state index >= 15 is 0 Å². The zero-order valence-electron chi connectivity index (χ0n) is 19.6. The molecule has 6 rings (SSSR count). The number of nitrogens with one attached hydrogen (secondary N) is 2. The lowest BCUT2D eigenvalue weighted by Crippen LogP contribution is -2.46. The van der Waals surface area contributed by atoms with Crippen LogP contribution in [0.15, 0.2) is 84.9 Å². The molecule has 1 fully saturated rings. The summed E-state index contributed by atoms with van der Waals surface area (Å²) in [5.41, 5.74) is 2.57. The lowest BCUT2D eigenvalue weighted by molar-refractivity contribution is -0.127. The summed E-state index contributed by atoms with van der Waals surface area (Å²) in [4.78, 5) is 26.1. The van der Waals surface area contributed by atoms with Crippen LogP contribution in [0, 0.1) is 0 Å². The summed E-state index contributed by atoms with van der Waals surface area (Å²) in [6, 6.07) is 17.6. The standard InChI is InChI=1S/C27H25N7O2/c1-2-23(35)33-14-12-19(13-15-33)34-27-24-22(16-28-26(24)29-17-30-27)25(32-34)31-18-8-10-21(11-9-18)36-20-6-4-3-5-7-20/h2-11,16-17,19H,1,12-15H2,(H,31,32)(H,28,29,30). The third-order valence-electron chi connectivity index (χ3n) is 6.52. The van der Waals surface area contributed by atoms with Crippen LogP contribution >= 0.6 is 0 Å². The minimum atomic E-state index is -0.0324. The van der Waals surface area contributed by atoms with Crippen LogP contribution < -0.4 is 15.1 Å². The number of ether oxygens (including phenoxy) is 1. The van der Waals surface area contributed by atoms with Gasteiger partial charge in [0.25, 0.3) is 0 Å². The van der Waals surface area contributed by atoms with Crippen molar-refractivity contribution in [2.24, 2.45) is 5.10 Å². The normalized spacial score (nSPS) is 15.5. The van der Waals surface area contributed by atoms with Crippen molar-refractivity contribution in [3.63, 3.8) is 0 Å². The van der Waals surface area contributed by atoms with Gasteiger partial charge in [-0.15, -0.1) is 0 Å². The molecule has 2 aliphatic heterocycles. The van der Waals surface area contributed by atoms with E-state index in [0.717, 1.165) is 52.4 Å². The molecule has 4 aromatic rings. The van der Waals surface area contributed by atoms with Crippen LogP contribution in [0.2, 0.25) is 0 Å². The van der Waals surface area contributed by atoms with E-state index in [1.807, 2.05) is 70.7 Å². The van der Waals surface area contributed by atoms with Gasteiger partial charge >= 0.3 is 0 Å². The molecule has 9 nitrogen and oxygen atoms in total. The van der Waals surface area contributed by atoms with E-state index < -0.39 is 0 Å². The monoisotopic (exact) mass is 479 g/mol. The summed E-state index contributed by atoms with van der Waals surface area (Å²) in [6.07, 6.45) is 6.41. The van der Waals surface area contributed by atoms with E-state index in [9.17, 15) is 4.79 Å². The molecule has 2 N–H and O–H groups in total. The van der Waals surface area contributed by atoms with Crippen LogP contribution in [0.3, 0.4) is 0 Å². The van der Waals surface area contributed by atoms with Gasteiger partial charge in [-0.1, -0.05) is 24.8 Å². The molecule has 2 aromatic heterocycles. The van der Waals surface area contributed by atoms with Gasteiger partial charge in [-0.05, 0) is 55.3 Å². The Kier molecular flexibility index (Phi) is 5.57. The first-order valence-electron chi connectivity index (χ1n) is 11.9. The van der Waals surface area contributed by atoms with Gasteiger partial charge in [-0.3, -0.25) is 4.79 Å². The molecule has 0 spiro atoms. The molecule has 0 saturated carbocycles. The van der Waals surface area contributed by atoms with Gasteiger partial charge in [-0.2, -0.15) is 5.10 Å². The number of hydrogen-bond acceptors (Lipinski definition) is 7. The number of anilines is 2. The van der Waals surface area contributed by atoms with Crippen LogP contribution in [-0.2, 0) is 4.79 Å². The average Bonchev–Trinajstić information content (AvgIpc) is 3.37. The van der Waals surface area contributed by atoms with Gasteiger partial charge in [0.05, 0.1) is 11.4 Å². The number of amides is 1. The molecule has 180 valence electrons. The number of aromatic nitrogens is 3. The Morgan fingerprint density at radius 3 is 2.56 bits per heavy atom. The number of likely N-dealkylation sites (tertiary alicyclic amines) is 1. The van der Waals surface area contributed by atoms with Crippen molar-refractivity contribution in [3.8, 4) is 11.5 Å². The predicted octanol–water partition coefficient (Wildman–Crippen LogP) is 4.52. The molecule has 9 heteroatoms. The highest BCUT2D eigenvalue weighted by atomic mass is 16.5. The van der Waals surface area contributed by atoms with Crippen molar-refractivity contribution in [3.05, 3.63) is 85.3 Å². The number of hydrazone groups is 1. The van der Waals surface area contributed by atoms with Gasteiger partial charge < -0.3 is 19.9 Å². The minimum Gasteiger partial charge on any atom is -0.457 e. The Hall–Kier alpha value is -4.66. The number of H-pyrrole nitrogens is 1. The SMILES string of the molecule is C=CC(=O)N1CCC(N2N=C(Nc3ccc(Oc4ccccc4)cc3)c3c[nH]c4ncnc2c34)CC1. The summed E-state index contributed by atoms with van der Waals surface area (Å²) in [6.45, 7) is 4.91. The first-order valence-corrected chi connectivity index (χ1v) is 11.9. The maximum Gasteiger partial charge on any atom is 0.245 e. The van der Waals surface area contributed by atoms with Crippen molar-refractivity contribution in [1.82, 2.24) is 19.9 Å². The van der Waals surface area contributed by atoms with Crippen LogP contribution in [0.4, 0.5) is 11.5 Å². The molecule has 1 saturated heterocycles. The van der Waals surface area contributed by atoms with Crippen LogP contribution in [0.5, 0.6) is 11.5 Å². The van der Waals surface area contributed by atoms with E-state index in [0.29, 0.717) is 18.9 Å². The fraction of sp³-hybridized carbons (Fsp3) is 0.185. The Morgan fingerprint density at radius 2 is 1.81 bits per heavy atom. The molecule has 0 bridgehead atoms. The molecule has 0 radical (unpaired) electrons. The molecule has 2 aliphatic rings. The highest BCUT2D eigenvalue weighted by molar-refractivity contribution is 6.19. The summed E-state index contributed by atoms with van der Waals surface area (Å²) in [5, 5.41) is 11.4. The Morgan fingerprint density at radius 1 is 1.06 bits per heavy atom. The fourth-order valence-electron chi connectivity index (χ4n) is 4.69. The minimum absolute atomic E-state index is 0.0324. The highest BCUT2D eigenvalue weighted by Crippen LogP contribution is 2.35. The molecule has 0 unspecified atom stereocenters. The molecule has 36 heavy (non-hydrogen) atoms. The van der Waals surface area contributed by atoms with Crippen molar-refractivity contribution in [2.75, 3.05) is 23.4 Å². The second-order valence-corrected chi connectivity index (χ2v) is 8.74. The Labute approximate surface area is 208 Å². The fourth-order valence-corrected chi connectivity index (χ4v) is 4.69. The van der Waals surface area contributed by atoms with Crippen molar-refractivity contribution < 1.29 is 9.53 Å². The van der Waals surface area contributed by atoms with Crippen LogP contribution in [-0.4, -0.2) is 50.7 Å². The zero-order chi connectivity index (χ0) is 24.5. The average molecular weight is 480 g/mol. The lowest BCUT2D eigenvalue weighted by atomic mass is 10.0. The molecule has 1 amide bonds. The van der Waals surface area contributed by atoms with Crippen LogP contribution in [0.1, 0.15) is 18.4 Å². The number of para-hydroxylation sites is 1. The molecular formula is C27H25N7O2. The highest BCUT2D eigenvalue weighted by Gasteiger charge is 2.32. The molecule has 0 aliphatic carbocycles. The second kappa shape index (κ2) is 9.18. The van der Waals surface area contributed by atoms with Crippen LogP contribution in [0.25, 0.3) is 11.0 Å². The number of rotatable bonds is 5. The summed E-state index contributed by atoms with van der Waals surface area (Å²) < 4.78 is 5.91. The number of carbonyl (C=O) groups excluding carboxylic acids is 1. The lowest BCUT2D eigenvalue weighted by Gasteiger charge is -2.37. The summed E-state index contributed by atoms with van der Waals surface area (Å²) in [7, 11) is 0. The Balaban J connectivity index is 1.26. The quantitative estimate of drug-likeness (QED) is 0.409. The second-order valence-electron chi connectivity index (χ2n) is 8.74.